The van der Waals surface area contributed by atoms with E-state index >= 15 is 0 Å². The Morgan fingerprint density at radius 2 is 1.62 bits per heavy atom. The van der Waals surface area contributed by atoms with Crippen molar-refractivity contribution in [1.82, 2.24) is 4.31 Å². The first-order chi connectivity index (χ1) is 31.1. The molecule has 12 heteroatoms. The number of anilines is 1. The Labute approximate surface area is 390 Å². The molecule has 0 radical (unpaired) electrons. The van der Waals surface area contributed by atoms with Crippen LogP contribution < -0.4 is 19.1 Å². The number of esters is 1. The van der Waals surface area contributed by atoms with E-state index in [-0.39, 0.29) is 53.9 Å². The fourth-order valence-electron chi connectivity index (χ4n) is 10.5. The molecule has 4 aromatic carbocycles. The number of halogens is 1. The molecule has 348 valence electrons. The number of carbonyl (C=O) groups excluding carboxylic acids is 1. The maximum Gasteiger partial charge on any atom is 0.338 e. The highest BCUT2D eigenvalue weighted by atomic mass is 35.5. The molecule has 0 unspecified atom stereocenters. The van der Waals surface area contributed by atoms with Crippen LogP contribution in [0.25, 0.3) is 0 Å². The lowest BCUT2D eigenvalue weighted by molar-refractivity contribution is 0.00694. The van der Waals surface area contributed by atoms with Crippen LogP contribution >= 0.6 is 11.6 Å². The molecule has 1 aliphatic heterocycles. The Morgan fingerprint density at radius 3 is 2.20 bits per heavy atom. The number of rotatable bonds is 16. The monoisotopic (exact) mass is 924 g/mol. The van der Waals surface area contributed by atoms with Crippen LogP contribution in [0, 0.1) is 23.7 Å². The van der Waals surface area contributed by atoms with E-state index in [0.717, 1.165) is 65.3 Å². The van der Waals surface area contributed by atoms with Gasteiger partial charge in [0.1, 0.15) is 22.8 Å². The van der Waals surface area contributed by atoms with Gasteiger partial charge in [-0.15, -0.1) is 0 Å². The summed E-state index contributed by atoms with van der Waals surface area (Å²) in [5, 5.41) is 12.8. The number of aliphatic hydroxyl groups is 1. The van der Waals surface area contributed by atoms with E-state index in [1.54, 1.807) is 24.6 Å². The third-order valence-electron chi connectivity index (χ3n) is 14.3. The van der Waals surface area contributed by atoms with Gasteiger partial charge in [-0.05, 0) is 165 Å². The predicted molar refractivity (Wildman–Crippen MR) is 257 cm³/mol. The van der Waals surface area contributed by atoms with Gasteiger partial charge in [-0.3, -0.25) is 0 Å². The molecule has 3 aliphatic carbocycles. The minimum atomic E-state index is -3.71. The Morgan fingerprint density at radius 1 is 0.954 bits per heavy atom. The van der Waals surface area contributed by atoms with Crippen LogP contribution in [-0.2, 0) is 39.7 Å². The van der Waals surface area contributed by atoms with Crippen molar-refractivity contribution in [2.75, 3.05) is 44.6 Å². The number of hydrogen-bond acceptors (Lipinski definition) is 9. The van der Waals surface area contributed by atoms with Gasteiger partial charge >= 0.3 is 5.97 Å². The second-order valence-corrected chi connectivity index (χ2v) is 22.2. The van der Waals surface area contributed by atoms with Crippen LogP contribution in [0.1, 0.15) is 98.8 Å². The van der Waals surface area contributed by atoms with E-state index in [1.807, 2.05) is 87.5 Å². The van der Waals surface area contributed by atoms with Gasteiger partial charge in [0.2, 0.25) is 10.0 Å². The number of allylic oxidation sites excluding steroid dienone is 1. The number of aliphatic hydroxyl groups excluding tert-OH is 1. The van der Waals surface area contributed by atoms with Gasteiger partial charge in [0.05, 0.1) is 43.9 Å². The number of carbonyl (C=O) groups is 1. The highest BCUT2D eigenvalue weighted by Gasteiger charge is 2.46. The van der Waals surface area contributed by atoms with E-state index in [1.165, 1.54) is 11.1 Å². The van der Waals surface area contributed by atoms with Crippen molar-refractivity contribution in [3.8, 4) is 17.2 Å². The second kappa shape index (κ2) is 19.4. The summed E-state index contributed by atoms with van der Waals surface area (Å²) >= 11 is 6.51. The molecule has 65 heavy (non-hydrogen) atoms. The van der Waals surface area contributed by atoms with E-state index in [0.29, 0.717) is 49.6 Å². The van der Waals surface area contributed by atoms with Crippen LogP contribution in [-0.4, -0.2) is 75.2 Å². The minimum Gasteiger partial charge on any atom is -0.497 e. The molecule has 4 aromatic rings. The largest absolute Gasteiger partial charge is 0.497 e. The lowest BCUT2D eigenvalue weighted by atomic mass is 9.64. The topological polar surface area (TPSA) is 115 Å². The van der Waals surface area contributed by atoms with Crippen LogP contribution in [0.2, 0.25) is 5.02 Å². The summed E-state index contributed by atoms with van der Waals surface area (Å²) in [4.78, 5) is 15.8. The Balaban J connectivity index is 0.990. The van der Waals surface area contributed by atoms with Gasteiger partial charge in [-0.1, -0.05) is 61.4 Å². The van der Waals surface area contributed by atoms with E-state index < -0.39 is 21.7 Å². The maximum atomic E-state index is 14.4. The van der Waals surface area contributed by atoms with Crippen molar-refractivity contribution >= 4 is 33.3 Å². The molecule has 1 saturated carbocycles. The standard InChI is InChI=1S/C53H65ClN2O8S/c1-7-37(32-65(59,60)56(29-35-10-17-44(61-5)18-11-35)30-36-12-19-45(62-6)20-13-36)41-25-42(26-41)50(57)46-21-14-40(46)31-55-33-53(24-8-9-38-27-43(54)16-22-47(38)53)34-63-49-23-15-39(28-48(49)55)51(58)64-52(2,3)4/h10-13,15-20,22-23,25,27-28,37,40-41,46,50,57H,7-9,14,21,24,26,29-34H2,1-6H3/t37-,40+,41+,46-,50+,53+/m1/s1. The molecule has 1 fully saturated rings. The number of fused-ring (bicyclic) bond motifs is 3. The molecule has 1 spiro atoms. The molecule has 1 heterocycles. The normalized spacial score (nSPS) is 22.6. The first-order valence-corrected chi connectivity index (χ1v) is 25.2. The lowest BCUT2D eigenvalue weighted by Crippen LogP contribution is -2.50. The van der Waals surface area contributed by atoms with Crippen molar-refractivity contribution in [1.29, 1.82) is 0 Å². The quantitative estimate of drug-likeness (QED) is 0.0867. The van der Waals surface area contributed by atoms with E-state index in [9.17, 15) is 18.3 Å². The fourth-order valence-corrected chi connectivity index (χ4v) is 12.6. The van der Waals surface area contributed by atoms with Gasteiger partial charge < -0.3 is 29.0 Å². The summed E-state index contributed by atoms with van der Waals surface area (Å²) in [6, 6.07) is 26.9. The van der Waals surface area contributed by atoms with Crippen molar-refractivity contribution in [3.63, 3.8) is 0 Å². The number of ether oxygens (including phenoxy) is 4. The van der Waals surface area contributed by atoms with Crippen LogP contribution in [0.4, 0.5) is 5.69 Å². The molecule has 0 amide bonds. The van der Waals surface area contributed by atoms with Crippen molar-refractivity contribution in [2.24, 2.45) is 23.7 Å². The van der Waals surface area contributed by atoms with Gasteiger partial charge in [0.15, 0.2) is 0 Å². The predicted octanol–water partition coefficient (Wildman–Crippen LogP) is 10.2. The number of aryl methyl sites for hydroxylation is 1. The van der Waals surface area contributed by atoms with E-state index in [4.69, 9.17) is 30.5 Å². The van der Waals surface area contributed by atoms with Gasteiger partial charge in [0.25, 0.3) is 0 Å². The van der Waals surface area contributed by atoms with Gasteiger partial charge in [0, 0.05) is 36.6 Å². The Kier molecular flexibility index (Phi) is 14.0. The molecule has 1 N–H and O–H groups in total. The molecule has 8 rings (SSSR count). The summed E-state index contributed by atoms with van der Waals surface area (Å²) in [6.45, 7) is 10.1. The first-order valence-electron chi connectivity index (χ1n) is 23.2. The SMILES string of the molecule is CC[C@H](CS(=O)(=O)N(Cc1ccc(OC)cc1)Cc1ccc(OC)cc1)[C@H]1C=C([C@H](O)[C@@H]2CC[C@H]2CN2C[C@@]3(CCCc4cc(Cl)ccc43)COc3ccc(C(=O)OC(C)(C)C)cc32)C1. The van der Waals surface area contributed by atoms with Gasteiger partial charge in [-0.25, -0.2) is 13.2 Å². The number of nitrogens with zero attached hydrogens (tertiary/aromatic N) is 2. The zero-order chi connectivity index (χ0) is 46.1. The summed E-state index contributed by atoms with van der Waals surface area (Å²) in [5.41, 5.74) is 5.73. The molecule has 4 aliphatic rings. The number of benzene rings is 4. The molecule has 10 nitrogen and oxygen atoms in total. The van der Waals surface area contributed by atoms with Crippen LogP contribution in [0.15, 0.2) is 96.6 Å². The molecule has 0 saturated heterocycles. The van der Waals surface area contributed by atoms with Crippen molar-refractivity contribution in [3.05, 3.63) is 129 Å². The summed E-state index contributed by atoms with van der Waals surface area (Å²) in [6.07, 6.45) is 7.77. The molecule has 0 bridgehead atoms. The third-order valence-corrected chi connectivity index (χ3v) is 16.4. The Hall–Kier alpha value is -4.55. The summed E-state index contributed by atoms with van der Waals surface area (Å²) in [7, 11) is -0.477. The molecule has 6 atom stereocenters. The van der Waals surface area contributed by atoms with Crippen molar-refractivity contribution < 1.29 is 37.3 Å². The number of methoxy groups -OCH3 is 2. The zero-order valence-corrected chi connectivity index (χ0v) is 40.3. The smallest absolute Gasteiger partial charge is 0.338 e. The highest BCUT2D eigenvalue weighted by Crippen LogP contribution is 2.49. The maximum absolute atomic E-state index is 14.4. The van der Waals surface area contributed by atoms with Crippen LogP contribution in [0.3, 0.4) is 0 Å². The van der Waals surface area contributed by atoms with Crippen LogP contribution in [0.5, 0.6) is 17.2 Å². The van der Waals surface area contributed by atoms with Gasteiger partial charge in [-0.2, -0.15) is 4.31 Å². The average Bonchev–Trinajstić information content (AvgIpc) is 3.40. The highest BCUT2D eigenvalue weighted by molar-refractivity contribution is 7.89. The first kappa shape index (κ1) is 47.0. The lowest BCUT2D eigenvalue weighted by Gasteiger charge is -2.47. The average molecular weight is 926 g/mol. The molecular weight excluding hydrogens is 860 g/mol. The molecule has 0 aromatic heterocycles. The zero-order valence-electron chi connectivity index (χ0n) is 38.7. The third kappa shape index (κ3) is 10.5. The van der Waals surface area contributed by atoms with E-state index in [2.05, 4.69) is 30.0 Å². The minimum absolute atomic E-state index is 0.0191. The van der Waals surface area contributed by atoms with Crippen molar-refractivity contribution in [2.45, 2.75) is 103 Å². The second-order valence-electron chi connectivity index (χ2n) is 19.8. The summed E-state index contributed by atoms with van der Waals surface area (Å²) < 4.78 is 53.6. The Bertz CT molecular complexity index is 2420. The number of hydrogen-bond donors (Lipinski definition) is 1. The fraction of sp³-hybridized carbons (Fsp3) is 0.491. The summed E-state index contributed by atoms with van der Waals surface area (Å²) in [5.74, 6) is 2.04. The molecular formula is C53H65ClN2O8S. The number of sulfonamides is 1.